The third kappa shape index (κ3) is 3.38. The van der Waals surface area contributed by atoms with Gasteiger partial charge in [0, 0.05) is 18.7 Å². The van der Waals surface area contributed by atoms with Crippen LogP contribution >= 0.6 is 0 Å². The number of carbonyl (C=O) groups excluding carboxylic acids is 2. The largest absolute Gasteiger partial charge is 0.441 e. The maximum atomic E-state index is 14.3. The maximum Gasteiger partial charge on any atom is 0.441 e. The molecule has 0 aliphatic carbocycles. The second kappa shape index (κ2) is 7.90. The minimum absolute atomic E-state index is 0.0902. The lowest BCUT2D eigenvalue weighted by Gasteiger charge is -2.48. The summed E-state index contributed by atoms with van der Waals surface area (Å²) in [5.41, 5.74) is -5.47. The summed E-state index contributed by atoms with van der Waals surface area (Å²) in [7, 11) is 0. The normalized spacial score (nSPS) is 20.9. The first-order valence-corrected chi connectivity index (χ1v) is 9.82. The summed E-state index contributed by atoms with van der Waals surface area (Å²) in [5.74, 6) is -3.14. The number of hydrogen-bond donors (Lipinski definition) is 2. The summed E-state index contributed by atoms with van der Waals surface area (Å²) in [6.07, 6.45) is -4.32. The van der Waals surface area contributed by atoms with Gasteiger partial charge < -0.3 is 15.3 Å². The maximum absolute atomic E-state index is 14.3. The molecule has 2 aromatic rings. The van der Waals surface area contributed by atoms with Gasteiger partial charge in [-0.3, -0.25) is 9.59 Å². The summed E-state index contributed by atoms with van der Waals surface area (Å²) in [6.45, 7) is -0.0323. The monoisotopic (exact) mass is 446 g/mol. The zero-order chi connectivity index (χ0) is 23.1. The fourth-order valence-corrected chi connectivity index (χ4v) is 3.91. The molecule has 166 valence electrons. The molecular weight excluding hydrogens is 428 g/mol. The van der Waals surface area contributed by atoms with Crippen LogP contribution in [0.2, 0.25) is 0 Å². The van der Waals surface area contributed by atoms with E-state index in [1.807, 2.05) is 0 Å². The molecular formula is C23H18F4N2O3. The molecule has 2 aromatic carbocycles. The molecule has 2 aliphatic rings. The fourth-order valence-electron chi connectivity index (χ4n) is 3.91. The van der Waals surface area contributed by atoms with Gasteiger partial charge in [-0.05, 0) is 24.6 Å². The van der Waals surface area contributed by atoms with Crippen molar-refractivity contribution in [3.8, 4) is 0 Å². The van der Waals surface area contributed by atoms with Crippen molar-refractivity contribution in [2.45, 2.75) is 18.3 Å². The van der Waals surface area contributed by atoms with Crippen LogP contribution in [0.1, 0.15) is 27.1 Å². The SMILES string of the molecule is O=C(C1=CC(C(=O)c2ccccc2F)=C2NCCCN2C1(O)C(F)(F)F)c1ccccc1. The molecule has 9 heteroatoms. The number of aliphatic hydroxyl groups is 1. The zero-order valence-electron chi connectivity index (χ0n) is 16.6. The number of halogens is 4. The van der Waals surface area contributed by atoms with Gasteiger partial charge in [0.15, 0.2) is 11.6 Å². The van der Waals surface area contributed by atoms with Gasteiger partial charge >= 0.3 is 6.18 Å². The Kier molecular flexibility index (Phi) is 5.37. The third-order valence-corrected chi connectivity index (χ3v) is 5.47. The first-order valence-electron chi connectivity index (χ1n) is 9.82. The Balaban J connectivity index is 1.95. The number of fused-ring (bicyclic) bond motifs is 1. The van der Waals surface area contributed by atoms with Crippen molar-refractivity contribution in [1.29, 1.82) is 0 Å². The van der Waals surface area contributed by atoms with Gasteiger partial charge in [-0.1, -0.05) is 42.5 Å². The Morgan fingerprint density at radius 3 is 2.31 bits per heavy atom. The van der Waals surface area contributed by atoms with Crippen LogP contribution in [0.4, 0.5) is 17.6 Å². The quantitative estimate of drug-likeness (QED) is 0.555. The predicted molar refractivity (Wildman–Crippen MR) is 107 cm³/mol. The number of Topliss-reactive ketones (excluding diaryl/α,β-unsaturated/α-hetero) is 2. The average Bonchev–Trinajstić information content (AvgIpc) is 2.79. The highest BCUT2D eigenvalue weighted by molar-refractivity contribution is 6.15. The van der Waals surface area contributed by atoms with Crippen LogP contribution in [0.25, 0.3) is 0 Å². The van der Waals surface area contributed by atoms with Gasteiger partial charge in [-0.2, -0.15) is 13.2 Å². The molecule has 0 radical (unpaired) electrons. The van der Waals surface area contributed by atoms with E-state index in [-0.39, 0.29) is 42.0 Å². The Morgan fingerprint density at radius 2 is 1.66 bits per heavy atom. The Hall–Kier alpha value is -3.46. The smallest absolute Gasteiger partial charge is 0.371 e. The molecule has 5 nitrogen and oxygen atoms in total. The van der Waals surface area contributed by atoms with E-state index < -0.39 is 34.9 Å². The molecule has 1 unspecified atom stereocenters. The third-order valence-electron chi connectivity index (χ3n) is 5.47. The molecule has 2 N–H and O–H groups in total. The minimum Gasteiger partial charge on any atom is -0.371 e. The number of ketones is 2. The summed E-state index contributed by atoms with van der Waals surface area (Å²) < 4.78 is 57.1. The average molecular weight is 446 g/mol. The number of benzene rings is 2. The van der Waals surface area contributed by atoms with Crippen LogP contribution in [0.3, 0.4) is 0 Å². The van der Waals surface area contributed by atoms with Crippen LogP contribution in [0.15, 0.2) is 77.6 Å². The van der Waals surface area contributed by atoms with E-state index in [1.54, 1.807) is 6.07 Å². The zero-order valence-corrected chi connectivity index (χ0v) is 16.6. The first-order chi connectivity index (χ1) is 15.2. The second-order valence-corrected chi connectivity index (χ2v) is 7.43. The van der Waals surface area contributed by atoms with E-state index in [2.05, 4.69) is 5.32 Å². The van der Waals surface area contributed by atoms with Crippen molar-refractivity contribution >= 4 is 11.6 Å². The molecule has 0 spiro atoms. The number of rotatable bonds is 4. The molecule has 32 heavy (non-hydrogen) atoms. The van der Waals surface area contributed by atoms with E-state index in [9.17, 15) is 32.3 Å². The van der Waals surface area contributed by atoms with Crippen LogP contribution in [-0.4, -0.2) is 46.6 Å². The van der Waals surface area contributed by atoms with E-state index in [0.29, 0.717) is 4.90 Å². The number of hydrogen-bond acceptors (Lipinski definition) is 5. The highest BCUT2D eigenvalue weighted by Gasteiger charge is 2.64. The highest BCUT2D eigenvalue weighted by atomic mass is 19.4. The van der Waals surface area contributed by atoms with Gasteiger partial charge in [-0.15, -0.1) is 0 Å². The lowest BCUT2D eigenvalue weighted by molar-refractivity contribution is -0.293. The van der Waals surface area contributed by atoms with Crippen LogP contribution in [-0.2, 0) is 0 Å². The Labute approximate surface area is 180 Å². The lowest BCUT2D eigenvalue weighted by atomic mass is 9.85. The van der Waals surface area contributed by atoms with Crippen LogP contribution < -0.4 is 5.32 Å². The van der Waals surface area contributed by atoms with Crippen LogP contribution in [0, 0.1) is 5.82 Å². The molecule has 0 aromatic heterocycles. The van der Waals surface area contributed by atoms with E-state index >= 15 is 0 Å². The van der Waals surface area contributed by atoms with Gasteiger partial charge in [0.05, 0.1) is 16.7 Å². The fraction of sp³-hybridized carbons (Fsp3) is 0.217. The molecule has 0 saturated carbocycles. The number of nitrogens with one attached hydrogen (secondary N) is 1. The van der Waals surface area contributed by atoms with Gasteiger partial charge in [0.1, 0.15) is 11.6 Å². The second-order valence-electron chi connectivity index (χ2n) is 7.43. The molecule has 1 fully saturated rings. The van der Waals surface area contributed by atoms with Gasteiger partial charge in [-0.25, -0.2) is 4.39 Å². The molecule has 1 saturated heterocycles. The lowest BCUT2D eigenvalue weighted by Crippen LogP contribution is -2.65. The summed E-state index contributed by atoms with van der Waals surface area (Å²) in [5, 5.41) is 13.7. The number of nitrogens with zero attached hydrogens (tertiary/aromatic N) is 1. The summed E-state index contributed by atoms with van der Waals surface area (Å²) in [4.78, 5) is 26.9. The number of allylic oxidation sites excluding steroid dienone is 2. The number of alkyl halides is 3. The van der Waals surface area contributed by atoms with Crippen molar-refractivity contribution in [2.24, 2.45) is 0 Å². The molecule has 0 bridgehead atoms. The van der Waals surface area contributed by atoms with E-state index in [1.165, 1.54) is 42.5 Å². The highest BCUT2D eigenvalue weighted by Crippen LogP contribution is 2.46. The molecule has 0 amide bonds. The van der Waals surface area contributed by atoms with Crippen molar-refractivity contribution in [3.63, 3.8) is 0 Å². The van der Waals surface area contributed by atoms with E-state index in [4.69, 9.17) is 0 Å². The van der Waals surface area contributed by atoms with Crippen molar-refractivity contribution < 1.29 is 32.3 Å². The Morgan fingerprint density at radius 1 is 1.00 bits per heavy atom. The minimum atomic E-state index is -5.26. The summed E-state index contributed by atoms with van der Waals surface area (Å²) >= 11 is 0. The molecule has 2 aliphatic heterocycles. The van der Waals surface area contributed by atoms with Crippen molar-refractivity contribution in [3.05, 3.63) is 94.6 Å². The first kappa shape index (κ1) is 21.8. The molecule has 4 rings (SSSR count). The predicted octanol–water partition coefficient (Wildman–Crippen LogP) is 3.59. The topological polar surface area (TPSA) is 69.6 Å². The molecule has 1 atom stereocenters. The van der Waals surface area contributed by atoms with Crippen LogP contribution in [0.5, 0.6) is 0 Å². The molecule has 2 heterocycles. The van der Waals surface area contributed by atoms with E-state index in [0.717, 1.165) is 12.1 Å². The number of carbonyl (C=O) groups is 2. The van der Waals surface area contributed by atoms with Gasteiger partial charge in [0.2, 0.25) is 0 Å². The van der Waals surface area contributed by atoms with Crippen molar-refractivity contribution in [1.82, 2.24) is 10.2 Å². The van der Waals surface area contributed by atoms with Crippen molar-refractivity contribution in [2.75, 3.05) is 13.1 Å². The standard InChI is InChI=1S/C23H18F4N2O3/c24-18-10-5-4-9-15(18)20(31)16-13-17(19(30)14-7-2-1-3-8-14)22(32,23(25,26)27)29-12-6-11-28-21(16)29/h1-5,7-10,13,28,32H,6,11-12H2. The van der Waals surface area contributed by atoms with Gasteiger partial charge in [0.25, 0.3) is 5.72 Å². The summed E-state index contributed by atoms with van der Waals surface area (Å²) in [6, 6.07) is 12.2. The Bertz CT molecular complexity index is 1140.